The van der Waals surface area contributed by atoms with Crippen LogP contribution in [0.2, 0.25) is 0 Å². The number of carbonyl (C=O) groups excluding carboxylic acids is 2. The molecule has 0 unspecified atom stereocenters. The van der Waals surface area contributed by atoms with Gasteiger partial charge in [0.15, 0.2) is 0 Å². The standard InChI is InChI=1S/C9H16N2O5/c1-9(2,7(13)14)11(3)5-6(12)10-8(15)16-4/h5H2,1-4H3,(H,13,14)(H,10,12,15). The van der Waals surface area contributed by atoms with Gasteiger partial charge in [-0.2, -0.15) is 0 Å². The highest BCUT2D eigenvalue weighted by molar-refractivity contribution is 5.93. The second-order valence-corrected chi connectivity index (χ2v) is 3.76. The van der Waals surface area contributed by atoms with E-state index in [2.05, 4.69) is 4.74 Å². The van der Waals surface area contributed by atoms with Crippen molar-refractivity contribution in [1.82, 2.24) is 10.2 Å². The molecule has 0 saturated carbocycles. The van der Waals surface area contributed by atoms with E-state index in [0.29, 0.717) is 0 Å². The number of hydrogen-bond donors (Lipinski definition) is 2. The summed E-state index contributed by atoms with van der Waals surface area (Å²) >= 11 is 0. The first-order valence-corrected chi connectivity index (χ1v) is 4.54. The molecular formula is C9H16N2O5. The minimum atomic E-state index is -1.19. The van der Waals surface area contributed by atoms with Crippen molar-refractivity contribution in [1.29, 1.82) is 0 Å². The van der Waals surface area contributed by atoms with Crippen molar-refractivity contribution >= 4 is 18.0 Å². The lowest BCUT2D eigenvalue weighted by molar-refractivity contribution is -0.149. The second kappa shape index (κ2) is 5.45. The molecule has 0 aromatic rings. The van der Waals surface area contributed by atoms with Gasteiger partial charge in [0.1, 0.15) is 5.54 Å². The Bertz CT molecular complexity index is 300. The molecule has 0 aromatic carbocycles. The van der Waals surface area contributed by atoms with Crippen molar-refractivity contribution in [3.8, 4) is 0 Å². The number of alkyl carbamates (subject to hydrolysis) is 1. The highest BCUT2D eigenvalue weighted by atomic mass is 16.5. The van der Waals surface area contributed by atoms with Crippen LogP contribution in [0.1, 0.15) is 13.8 Å². The molecule has 0 rings (SSSR count). The number of hydrogen-bond acceptors (Lipinski definition) is 5. The van der Waals surface area contributed by atoms with Crippen molar-refractivity contribution in [3.05, 3.63) is 0 Å². The molecule has 0 radical (unpaired) electrons. The fourth-order valence-corrected chi connectivity index (χ4v) is 0.781. The van der Waals surface area contributed by atoms with Gasteiger partial charge in [0, 0.05) is 0 Å². The van der Waals surface area contributed by atoms with E-state index in [1.807, 2.05) is 5.32 Å². The van der Waals surface area contributed by atoms with Crippen LogP contribution in [0, 0.1) is 0 Å². The van der Waals surface area contributed by atoms with Crippen LogP contribution in [-0.2, 0) is 14.3 Å². The molecule has 7 nitrogen and oxygen atoms in total. The number of aliphatic carboxylic acids is 1. The molecule has 2 N–H and O–H groups in total. The van der Waals surface area contributed by atoms with E-state index in [1.54, 1.807) is 0 Å². The smallest absolute Gasteiger partial charge is 0.413 e. The highest BCUT2D eigenvalue weighted by Crippen LogP contribution is 2.11. The largest absolute Gasteiger partial charge is 0.480 e. The Kier molecular flexibility index (Phi) is 4.90. The van der Waals surface area contributed by atoms with Gasteiger partial charge in [-0.05, 0) is 20.9 Å². The van der Waals surface area contributed by atoms with Crippen LogP contribution in [-0.4, -0.2) is 54.2 Å². The van der Waals surface area contributed by atoms with Crippen molar-refractivity contribution in [2.45, 2.75) is 19.4 Å². The Labute approximate surface area is 93.4 Å². The lowest BCUT2D eigenvalue weighted by Gasteiger charge is -2.30. The Hall–Kier alpha value is -1.63. The lowest BCUT2D eigenvalue weighted by atomic mass is 10.0. The fraction of sp³-hybridized carbons (Fsp3) is 0.667. The van der Waals surface area contributed by atoms with Crippen molar-refractivity contribution in [2.75, 3.05) is 20.7 Å². The Morgan fingerprint density at radius 3 is 2.25 bits per heavy atom. The summed E-state index contributed by atoms with van der Waals surface area (Å²) in [5.41, 5.74) is -1.19. The third-order valence-electron chi connectivity index (χ3n) is 2.29. The monoisotopic (exact) mass is 232 g/mol. The number of rotatable bonds is 4. The van der Waals surface area contributed by atoms with E-state index in [9.17, 15) is 14.4 Å². The summed E-state index contributed by atoms with van der Waals surface area (Å²) in [4.78, 5) is 34.1. The summed E-state index contributed by atoms with van der Waals surface area (Å²) < 4.78 is 4.23. The van der Waals surface area contributed by atoms with Crippen LogP contribution in [0.5, 0.6) is 0 Å². The first-order valence-electron chi connectivity index (χ1n) is 4.54. The topological polar surface area (TPSA) is 95.9 Å². The fourth-order valence-electron chi connectivity index (χ4n) is 0.781. The number of amides is 2. The first-order chi connectivity index (χ1) is 7.21. The molecule has 0 heterocycles. The molecule has 0 aliphatic heterocycles. The summed E-state index contributed by atoms with van der Waals surface area (Å²) in [6.45, 7) is 2.70. The molecule has 0 spiro atoms. The van der Waals surface area contributed by atoms with Crippen LogP contribution < -0.4 is 5.32 Å². The molecule has 0 fully saturated rings. The third kappa shape index (κ3) is 3.85. The molecule has 2 amide bonds. The zero-order valence-corrected chi connectivity index (χ0v) is 9.73. The van der Waals surface area contributed by atoms with Crippen LogP contribution in [0.15, 0.2) is 0 Å². The van der Waals surface area contributed by atoms with Crippen molar-refractivity contribution in [3.63, 3.8) is 0 Å². The predicted octanol–water partition coefficient (Wildman–Crippen LogP) is -0.336. The van der Waals surface area contributed by atoms with Gasteiger partial charge in [-0.25, -0.2) is 4.79 Å². The number of imide groups is 1. The van der Waals surface area contributed by atoms with Crippen LogP contribution in [0.25, 0.3) is 0 Å². The van der Waals surface area contributed by atoms with E-state index >= 15 is 0 Å². The average molecular weight is 232 g/mol. The zero-order valence-electron chi connectivity index (χ0n) is 9.73. The zero-order chi connectivity index (χ0) is 12.9. The number of nitrogens with zero attached hydrogens (tertiary/aromatic N) is 1. The second-order valence-electron chi connectivity index (χ2n) is 3.76. The molecule has 16 heavy (non-hydrogen) atoms. The van der Waals surface area contributed by atoms with Gasteiger partial charge >= 0.3 is 12.1 Å². The third-order valence-corrected chi connectivity index (χ3v) is 2.29. The molecule has 0 aromatic heterocycles. The molecule has 0 aliphatic carbocycles. The summed E-state index contributed by atoms with van der Waals surface area (Å²) in [5.74, 6) is -1.68. The van der Waals surface area contributed by atoms with Gasteiger partial charge in [0.05, 0.1) is 13.7 Å². The molecule has 7 heteroatoms. The van der Waals surface area contributed by atoms with Crippen molar-refractivity contribution in [2.24, 2.45) is 0 Å². The molecule has 92 valence electrons. The summed E-state index contributed by atoms with van der Waals surface area (Å²) in [6.07, 6.45) is -0.869. The highest BCUT2D eigenvalue weighted by Gasteiger charge is 2.33. The molecule has 0 atom stereocenters. The van der Waals surface area contributed by atoms with Gasteiger partial charge in [0.2, 0.25) is 5.91 Å². The number of carboxylic acids is 1. The Morgan fingerprint density at radius 1 is 1.38 bits per heavy atom. The quantitative estimate of drug-likeness (QED) is 0.688. The minimum Gasteiger partial charge on any atom is -0.480 e. The van der Waals surface area contributed by atoms with Crippen LogP contribution in [0.3, 0.4) is 0 Å². The predicted molar refractivity (Wildman–Crippen MR) is 54.9 cm³/mol. The van der Waals surface area contributed by atoms with Crippen LogP contribution in [0.4, 0.5) is 4.79 Å². The van der Waals surface area contributed by atoms with E-state index in [-0.39, 0.29) is 6.54 Å². The molecule has 0 saturated heterocycles. The van der Waals surface area contributed by atoms with Gasteiger partial charge in [-0.3, -0.25) is 19.8 Å². The SMILES string of the molecule is COC(=O)NC(=O)CN(C)C(C)(C)C(=O)O. The summed E-state index contributed by atoms with van der Waals surface area (Å²) in [5, 5.41) is 10.8. The van der Waals surface area contributed by atoms with E-state index in [0.717, 1.165) is 7.11 Å². The maximum absolute atomic E-state index is 11.2. The van der Waals surface area contributed by atoms with Gasteiger partial charge in [-0.1, -0.05) is 0 Å². The number of likely N-dealkylation sites (N-methyl/N-ethyl adjacent to an activating group) is 1. The number of methoxy groups -OCH3 is 1. The number of carboxylic acid groups (broad SMARTS) is 1. The van der Waals surface area contributed by atoms with Gasteiger partial charge in [-0.15, -0.1) is 0 Å². The van der Waals surface area contributed by atoms with E-state index in [4.69, 9.17) is 5.11 Å². The molecule has 0 aliphatic rings. The normalized spacial score (nSPS) is 11.1. The van der Waals surface area contributed by atoms with E-state index < -0.39 is 23.5 Å². The Balaban J connectivity index is 4.35. The number of ether oxygens (including phenoxy) is 1. The number of nitrogens with one attached hydrogen (secondary N) is 1. The Morgan fingerprint density at radius 2 is 1.88 bits per heavy atom. The molecule has 0 bridgehead atoms. The maximum Gasteiger partial charge on any atom is 0.413 e. The van der Waals surface area contributed by atoms with Gasteiger partial charge in [0.25, 0.3) is 0 Å². The van der Waals surface area contributed by atoms with Gasteiger partial charge < -0.3 is 9.84 Å². The average Bonchev–Trinajstić information content (AvgIpc) is 2.16. The lowest BCUT2D eigenvalue weighted by Crippen LogP contribution is -2.52. The minimum absolute atomic E-state index is 0.214. The molecular weight excluding hydrogens is 216 g/mol. The van der Waals surface area contributed by atoms with E-state index in [1.165, 1.54) is 25.8 Å². The first kappa shape index (κ1) is 14.4. The maximum atomic E-state index is 11.2. The van der Waals surface area contributed by atoms with Crippen molar-refractivity contribution < 1.29 is 24.2 Å². The summed E-state index contributed by atoms with van der Waals surface area (Å²) in [7, 11) is 2.61. The number of carbonyl (C=O) groups is 3. The summed E-state index contributed by atoms with van der Waals surface area (Å²) in [6, 6.07) is 0. The van der Waals surface area contributed by atoms with Crippen LogP contribution >= 0.6 is 0 Å².